The van der Waals surface area contributed by atoms with Gasteiger partial charge in [0.25, 0.3) is 0 Å². The standard InChI is InChI=1S/C19H19NO5/c1-12-8-16(22-2)17(23-3)10-14(12)20-19(21)7-5-13-4-6-15-18(9-13)25-11-24-15/h4-10H,11H2,1-3H3,(H,20,21)/b7-5+. The Morgan fingerprint density at radius 1 is 1.08 bits per heavy atom. The van der Waals surface area contributed by atoms with Gasteiger partial charge in [0.05, 0.1) is 14.2 Å². The molecule has 130 valence electrons. The molecule has 0 atom stereocenters. The van der Waals surface area contributed by atoms with Gasteiger partial charge in [-0.3, -0.25) is 4.79 Å². The predicted octanol–water partition coefficient (Wildman–Crippen LogP) is 3.39. The Hall–Kier alpha value is -3.15. The second-order valence-corrected chi connectivity index (χ2v) is 5.46. The Morgan fingerprint density at radius 2 is 1.80 bits per heavy atom. The summed E-state index contributed by atoms with van der Waals surface area (Å²) in [4.78, 5) is 12.2. The van der Waals surface area contributed by atoms with Crippen LogP contribution in [-0.4, -0.2) is 26.9 Å². The highest BCUT2D eigenvalue weighted by Crippen LogP contribution is 2.34. The normalized spacial score (nSPS) is 12.3. The van der Waals surface area contributed by atoms with E-state index in [1.54, 1.807) is 26.4 Å². The first-order valence-corrected chi connectivity index (χ1v) is 7.72. The van der Waals surface area contributed by atoms with E-state index in [-0.39, 0.29) is 12.7 Å². The van der Waals surface area contributed by atoms with Gasteiger partial charge in [-0.25, -0.2) is 0 Å². The summed E-state index contributed by atoms with van der Waals surface area (Å²) in [6.07, 6.45) is 3.18. The molecule has 0 aliphatic carbocycles. The number of ether oxygens (including phenoxy) is 4. The molecule has 2 aromatic carbocycles. The summed E-state index contributed by atoms with van der Waals surface area (Å²) < 4.78 is 21.1. The highest BCUT2D eigenvalue weighted by molar-refractivity contribution is 6.02. The average molecular weight is 341 g/mol. The number of anilines is 1. The number of hydrogen-bond donors (Lipinski definition) is 1. The summed E-state index contributed by atoms with van der Waals surface area (Å²) in [5.41, 5.74) is 2.39. The Morgan fingerprint density at radius 3 is 2.56 bits per heavy atom. The lowest BCUT2D eigenvalue weighted by Crippen LogP contribution is -2.09. The lowest BCUT2D eigenvalue weighted by Gasteiger charge is -2.12. The molecule has 1 aliphatic heterocycles. The molecule has 1 heterocycles. The Bertz CT molecular complexity index is 829. The summed E-state index contributed by atoms with van der Waals surface area (Å²) in [6, 6.07) is 9.06. The number of carbonyl (C=O) groups is 1. The molecule has 0 unspecified atom stereocenters. The lowest BCUT2D eigenvalue weighted by atomic mass is 10.1. The van der Waals surface area contributed by atoms with Crippen LogP contribution in [0.15, 0.2) is 36.4 Å². The number of benzene rings is 2. The number of amides is 1. The third-order valence-electron chi connectivity index (χ3n) is 3.81. The van der Waals surface area contributed by atoms with E-state index in [2.05, 4.69) is 5.32 Å². The van der Waals surface area contributed by atoms with Crippen molar-refractivity contribution in [3.63, 3.8) is 0 Å². The first-order chi connectivity index (χ1) is 12.1. The van der Waals surface area contributed by atoms with Gasteiger partial charge in [-0.15, -0.1) is 0 Å². The van der Waals surface area contributed by atoms with E-state index in [0.29, 0.717) is 28.7 Å². The van der Waals surface area contributed by atoms with E-state index in [4.69, 9.17) is 18.9 Å². The van der Waals surface area contributed by atoms with Crippen molar-refractivity contribution in [1.29, 1.82) is 0 Å². The average Bonchev–Trinajstić information content (AvgIpc) is 3.09. The SMILES string of the molecule is COc1cc(C)c(NC(=O)/C=C/c2ccc3c(c2)OCO3)cc1OC. The van der Waals surface area contributed by atoms with Gasteiger partial charge in [0.2, 0.25) is 12.7 Å². The van der Waals surface area contributed by atoms with E-state index in [1.165, 1.54) is 6.08 Å². The number of carbonyl (C=O) groups excluding carboxylic acids is 1. The predicted molar refractivity (Wildman–Crippen MR) is 94.5 cm³/mol. The van der Waals surface area contributed by atoms with Gasteiger partial charge in [0.1, 0.15) is 0 Å². The van der Waals surface area contributed by atoms with Crippen LogP contribution in [0.5, 0.6) is 23.0 Å². The van der Waals surface area contributed by atoms with Crippen molar-refractivity contribution in [2.24, 2.45) is 0 Å². The molecule has 0 saturated heterocycles. The van der Waals surface area contributed by atoms with E-state index in [9.17, 15) is 4.79 Å². The maximum absolute atomic E-state index is 12.2. The number of aryl methyl sites for hydroxylation is 1. The van der Waals surface area contributed by atoms with Gasteiger partial charge < -0.3 is 24.3 Å². The molecule has 0 saturated carbocycles. The molecular weight excluding hydrogens is 322 g/mol. The number of nitrogens with one attached hydrogen (secondary N) is 1. The second kappa shape index (κ2) is 7.17. The Labute approximate surface area is 146 Å². The number of methoxy groups -OCH3 is 2. The number of fused-ring (bicyclic) bond motifs is 1. The Balaban J connectivity index is 1.72. The second-order valence-electron chi connectivity index (χ2n) is 5.46. The van der Waals surface area contributed by atoms with Crippen molar-refractivity contribution in [2.45, 2.75) is 6.92 Å². The van der Waals surface area contributed by atoms with Crippen LogP contribution < -0.4 is 24.3 Å². The van der Waals surface area contributed by atoms with Crippen LogP contribution in [0, 0.1) is 6.92 Å². The molecular formula is C19H19NO5. The molecule has 0 bridgehead atoms. The molecule has 0 fully saturated rings. The fourth-order valence-electron chi connectivity index (χ4n) is 2.48. The number of hydrogen-bond acceptors (Lipinski definition) is 5. The van der Waals surface area contributed by atoms with Crippen LogP contribution in [0.1, 0.15) is 11.1 Å². The van der Waals surface area contributed by atoms with Crippen molar-refractivity contribution < 1.29 is 23.7 Å². The summed E-state index contributed by atoms with van der Waals surface area (Å²) in [5.74, 6) is 2.32. The quantitative estimate of drug-likeness (QED) is 0.845. The smallest absolute Gasteiger partial charge is 0.248 e. The fraction of sp³-hybridized carbons (Fsp3) is 0.211. The van der Waals surface area contributed by atoms with Gasteiger partial charge in [-0.1, -0.05) is 6.07 Å². The van der Waals surface area contributed by atoms with E-state index >= 15 is 0 Å². The molecule has 25 heavy (non-hydrogen) atoms. The lowest BCUT2D eigenvalue weighted by molar-refractivity contribution is -0.111. The minimum absolute atomic E-state index is 0.224. The molecule has 6 nitrogen and oxygen atoms in total. The zero-order chi connectivity index (χ0) is 17.8. The topological polar surface area (TPSA) is 66.0 Å². The highest BCUT2D eigenvalue weighted by atomic mass is 16.7. The van der Waals surface area contributed by atoms with Gasteiger partial charge in [0.15, 0.2) is 23.0 Å². The molecule has 0 spiro atoms. The molecule has 1 N–H and O–H groups in total. The third kappa shape index (κ3) is 3.68. The maximum atomic E-state index is 12.2. The summed E-state index contributed by atoms with van der Waals surface area (Å²) in [7, 11) is 3.13. The molecule has 1 amide bonds. The van der Waals surface area contributed by atoms with Crippen LogP contribution in [0.25, 0.3) is 6.08 Å². The van der Waals surface area contributed by atoms with Crippen LogP contribution in [0.3, 0.4) is 0 Å². The van der Waals surface area contributed by atoms with Crippen LogP contribution >= 0.6 is 0 Å². The molecule has 0 aromatic heterocycles. The van der Waals surface area contributed by atoms with E-state index < -0.39 is 0 Å². The van der Waals surface area contributed by atoms with Crippen molar-refractivity contribution in [3.05, 3.63) is 47.5 Å². The maximum Gasteiger partial charge on any atom is 0.248 e. The zero-order valence-corrected chi connectivity index (χ0v) is 14.3. The van der Waals surface area contributed by atoms with Gasteiger partial charge >= 0.3 is 0 Å². The van der Waals surface area contributed by atoms with Gasteiger partial charge in [-0.05, 0) is 42.3 Å². The summed E-state index contributed by atoms with van der Waals surface area (Å²) in [6.45, 7) is 2.11. The minimum atomic E-state index is -0.243. The van der Waals surface area contributed by atoms with Gasteiger partial charge in [-0.2, -0.15) is 0 Å². The van der Waals surface area contributed by atoms with E-state index in [0.717, 1.165) is 11.1 Å². The molecule has 0 radical (unpaired) electrons. The first-order valence-electron chi connectivity index (χ1n) is 7.72. The van der Waals surface area contributed by atoms with Crippen molar-refractivity contribution in [3.8, 4) is 23.0 Å². The van der Waals surface area contributed by atoms with Crippen LogP contribution in [0.4, 0.5) is 5.69 Å². The zero-order valence-electron chi connectivity index (χ0n) is 14.3. The van der Waals surface area contributed by atoms with Gasteiger partial charge in [0, 0.05) is 17.8 Å². The summed E-state index contributed by atoms with van der Waals surface area (Å²) in [5, 5.41) is 2.84. The highest BCUT2D eigenvalue weighted by Gasteiger charge is 2.13. The Kier molecular flexibility index (Phi) is 4.79. The number of rotatable bonds is 5. The largest absolute Gasteiger partial charge is 0.493 e. The van der Waals surface area contributed by atoms with Crippen molar-refractivity contribution >= 4 is 17.7 Å². The monoisotopic (exact) mass is 341 g/mol. The molecule has 1 aliphatic rings. The van der Waals surface area contributed by atoms with Crippen molar-refractivity contribution in [1.82, 2.24) is 0 Å². The van der Waals surface area contributed by atoms with Crippen LogP contribution in [0.2, 0.25) is 0 Å². The van der Waals surface area contributed by atoms with Crippen molar-refractivity contribution in [2.75, 3.05) is 26.3 Å². The minimum Gasteiger partial charge on any atom is -0.493 e. The van der Waals surface area contributed by atoms with E-state index in [1.807, 2.05) is 31.2 Å². The summed E-state index contributed by atoms with van der Waals surface area (Å²) >= 11 is 0. The first kappa shape index (κ1) is 16.7. The van der Waals surface area contributed by atoms with Crippen LogP contribution in [-0.2, 0) is 4.79 Å². The third-order valence-corrected chi connectivity index (χ3v) is 3.81. The molecule has 2 aromatic rings. The molecule has 6 heteroatoms. The fourth-order valence-corrected chi connectivity index (χ4v) is 2.48. The molecule has 3 rings (SSSR count).